The van der Waals surface area contributed by atoms with E-state index in [1.54, 1.807) is 0 Å². The maximum atomic E-state index is 10.6. The van der Waals surface area contributed by atoms with E-state index in [0.717, 1.165) is 62.6 Å². The second kappa shape index (κ2) is 8.46. The summed E-state index contributed by atoms with van der Waals surface area (Å²) in [6.45, 7) is 2.08. The number of carboxylic acid groups (broad SMARTS) is 1. The molecule has 1 aromatic rings. The zero-order chi connectivity index (χ0) is 19.3. The standard InChI is InChI=1S/C21H26N4O3/c26-20(27)5-2-12-28-15-8-6-14-7-9-19(24-25-21-22-10-11-23-21)17-4-1-3-16(17)18(14)13-15/h6,8,13H,1-5,7,9-12H2,(H,26,27)(H2,22,23,25)/b24-19+. The smallest absolute Gasteiger partial charge is 0.303 e. The van der Waals surface area contributed by atoms with Crippen LogP contribution in [0.3, 0.4) is 0 Å². The number of carbonyl (C=O) groups is 1. The van der Waals surface area contributed by atoms with Gasteiger partial charge in [0.15, 0.2) is 0 Å². The van der Waals surface area contributed by atoms with Gasteiger partial charge in [-0.2, -0.15) is 5.10 Å². The number of hydrazone groups is 1. The number of allylic oxidation sites excluding steroid dienone is 2. The van der Waals surface area contributed by atoms with Gasteiger partial charge in [-0.3, -0.25) is 4.79 Å². The molecule has 1 heterocycles. The number of hydrogen-bond donors (Lipinski definition) is 3. The van der Waals surface area contributed by atoms with Crippen molar-refractivity contribution in [2.75, 3.05) is 19.7 Å². The number of rotatable bonds is 6. The van der Waals surface area contributed by atoms with E-state index in [-0.39, 0.29) is 6.42 Å². The molecule has 0 radical (unpaired) electrons. The normalized spacial score (nSPS) is 19.6. The van der Waals surface area contributed by atoms with E-state index in [9.17, 15) is 4.79 Å². The predicted molar refractivity (Wildman–Crippen MR) is 109 cm³/mol. The van der Waals surface area contributed by atoms with Gasteiger partial charge in [0.25, 0.3) is 0 Å². The quantitative estimate of drug-likeness (QED) is 0.519. The third-order valence-electron chi connectivity index (χ3n) is 5.38. The Morgan fingerprint density at radius 1 is 1.25 bits per heavy atom. The van der Waals surface area contributed by atoms with Crippen LogP contribution in [0.5, 0.6) is 5.75 Å². The van der Waals surface area contributed by atoms with Gasteiger partial charge in [-0.05, 0) is 72.9 Å². The Morgan fingerprint density at radius 2 is 2.14 bits per heavy atom. The van der Waals surface area contributed by atoms with Gasteiger partial charge in [-0.25, -0.2) is 10.4 Å². The fourth-order valence-electron chi connectivity index (χ4n) is 4.04. The molecule has 3 aliphatic rings. The number of carboxylic acids is 1. The second-order valence-electron chi connectivity index (χ2n) is 7.30. The molecular weight excluding hydrogens is 356 g/mol. The Morgan fingerprint density at radius 3 is 2.96 bits per heavy atom. The summed E-state index contributed by atoms with van der Waals surface area (Å²) in [6, 6.07) is 6.26. The van der Waals surface area contributed by atoms with Crippen LogP contribution in [0.25, 0.3) is 5.57 Å². The lowest BCUT2D eigenvalue weighted by molar-refractivity contribution is -0.137. The molecule has 1 aromatic carbocycles. The summed E-state index contributed by atoms with van der Waals surface area (Å²) in [6.07, 6.45) is 5.76. The highest BCUT2D eigenvalue weighted by atomic mass is 16.5. The number of aliphatic imine (C=N–C) groups is 1. The summed E-state index contributed by atoms with van der Waals surface area (Å²) in [4.78, 5) is 15.0. The van der Waals surface area contributed by atoms with Crippen LogP contribution in [0, 0.1) is 0 Å². The van der Waals surface area contributed by atoms with E-state index in [0.29, 0.717) is 13.0 Å². The van der Waals surface area contributed by atoms with Crippen molar-refractivity contribution in [3.05, 3.63) is 34.9 Å². The second-order valence-corrected chi connectivity index (χ2v) is 7.30. The van der Waals surface area contributed by atoms with E-state index in [2.05, 4.69) is 33.0 Å². The van der Waals surface area contributed by atoms with Crippen molar-refractivity contribution in [3.8, 4) is 5.75 Å². The van der Waals surface area contributed by atoms with Crippen LogP contribution in [0.2, 0.25) is 0 Å². The van der Waals surface area contributed by atoms with Crippen molar-refractivity contribution in [2.24, 2.45) is 10.1 Å². The molecular formula is C21H26N4O3. The Labute approximate surface area is 164 Å². The van der Waals surface area contributed by atoms with Crippen molar-refractivity contribution in [1.82, 2.24) is 10.7 Å². The fraction of sp³-hybridized carbons (Fsp3) is 0.476. The molecule has 1 aliphatic heterocycles. The maximum Gasteiger partial charge on any atom is 0.303 e. The topological polar surface area (TPSA) is 95.3 Å². The number of aliphatic carboxylic acids is 1. The minimum absolute atomic E-state index is 0.132. The maximum absolute atomic E-state index is 10.6. The largest absolute Gasteiger partial charge is 0.494 e. The molecule has 0 bridgehead atoms. The Hall–Kier alpha value is -2.83. The molecule has 4 rings (SSSR count). The third kappa shape index (κ3) is 4.18. The molecule has 0 saturated heterocycles. The third-order valence-corrected chi connectivity index (χ3v) is 5.38. The molecule has 0 atom stereocenters. The van der Waals surface area contributed by atoms with Crippen molar-refractivity contribution < 1.29 is 14.6 Å². The van der Waals surface area contributed by atoms with Gasteiger partial charge < -0.3 is 15.2 Å². The number of ether oxygens (including phenoxy) is 1. The minimum Gasteiger partial charge on any atom is -0.494 e. The van der Waals surface area contributed by atoms with Crippen LogP contribution in [0.15, 0.2) is 33.9 Å². The van der Waals surface area contributed by atoms with Crippen LogP contribution >= 0.6 is 0 Å². The monoisotopic (exact) mass is 382 g/mol. The van der Waals surface area contributed by atoms with Crippen molar-refractivity contribution in [1.29, 1.82) is 0 Å². The van der Waals surface area contributed by atoms with Crippen LogP contribution in [0.4, 0.5) is 0 Å². The van der Waals surface area contributed by atoms with E-state index >= 15 is 0 Å². The van der Waals surface area contributed by atoms with Crippen molar-refractivity contribution in [2.45, 2.75) is 44.9 Å². The van der Waals surface area contributed by atoms with Gasteiger partial charge in [0.2, 0.25) is 5.96 Å². The Kier molecular flexibility index (Phi) is 5.60. The summed E-state index contributed by atoms with van der Waals surface area (Å²) >= 11 is 0. The summed E-state index contributed by atoms with van der Waals surface area (Å²) in [5.74, 6) is 0.780. The molecule has 0 spiro atoms. The van der Waals surface area contributed by atoms with E-state index < -0.39 is 5.97 Å². The molecule has 0 unspecified atom stereocenters. The minimum atomic E-state index is -0.787. The van der Waals surface area contributed by atoms with Crippen LogP contribution < -0.4 is 15.5 Å². The first-order valence-corrected chi connectivity index (χ1v) is 10.0. The number of nitrogens with zero attached hydrogens (tertiary/aromatic N) is 2. The van der Waals surface area contributed by atoms with Crippen LogP contribution in [0.1, 0.15) is 49.7 Å². The summed E-state index contributed by atoms with van der Waals surface area (Å²) in [5.41, 5.74) is 9.55. The molecule has 28 heavy (non-hydrogen) atoms. The van der Waals surface area contributed by atoms with Gasteiger partial charge >= 0.3 is 5.97 Å². The highest BCUT2D eigenvalue weighted by Crippen LogP contribution is 2.40. The number of hydrogen-bond acceptors (Lipinski definition) is 6. The summed E-state index contributed by atoms with van der Waals surface area (Å²) < 4.78 is 5.80. The van der Waals surface area contributed by atoms with Gasteiger partial charge in [-0.15, -0.1) is 0 Å². The first-order valence-electron chi connectivity index (χ1n) is 10.0. The molecule has 0 fully saturated rings. The number of guanidine groups is 1. The predicted octanol–water partition coefficient (Wildman–Crippen LogP) is 2.72. The SMILES string of the molecule is O=C(O)CCCOc1ccc2c(c1)C1=C(CCC1)/C(=N/NC1=NCCN1)CC2. The van der Waals surface area contributed by atoms with Crippen LogP contribution in [-0.2, 0) is 11.2 Å². The van der Waals surface area contributed by atoms with Crippen LogP contribution in [-0.4, -0.2) is 42.4 Å². The summed E-state index contributed by atoms with van der Waals surface area (Å²) in [5, 5.41) is 16.6. The lowest BCUT2D eigenvalue weighted by Gasteiger charge is -2.12. The molecule has 0 amide bonds. The number of fused-ring (bicyclic) bond motifs is 2. The summed E-state index contributed by atoms with van der Waals surface area (Å²) in [7, 11) is 0. The van der Waals surface area contributed by atoms with Gasteiger partial charge in [0, 0.05) is 13.0 Å². The molecule has 7 heteroatoms. The van der Waals surface area contributed by atoms with E-state index in [1.165, 1.54) is 22.3 Å². The molecule has 0 saturated carbocycles. The lowest BCUT2D eigenvalue weighted by atomic mass is 9.97. The average Bonchev–Trinajstić information content (AvgIpc) is 3.35. The Balaban J connectivity index is 1.53. The molecule has 7 nitrogen and oxygen atoms in total. The first kappa shape index (κ1) is 18.5. The number of benzene rings is 1. The van der Waals surface area contributed by atoms with Gasteiger partial charge in [0.05, 0.1) is 18.9 Å². The number of nitrogens with one attached hydrogen (secondary N) is 2. The Bertz CT molecular complexity index is 857. The molecule has 2 aliphatic carbocycles. The average molecular weight is 382 g/mol. The fourth-order valence-corrected chi connectivity index (χ4v) is 4.04. The van der Waals surface area contributed by atoms with Gasteiger partial charge in [0.1, 0.15) is 5.75 Å². The number of aryl methyl sites for hydroxylation is 1. The van der Waals surface area contributed by atoms with Crippen molar-refractivity contribution in [3.63, 3.8) is 0 Å². The van der Waals surface area contributed by atoms with Gasteiger partial charge in [-0.1, -0.05) is 6.07 Å². The lowest BCUT2D eigenvalue weighted by Crippen LogP contribution is -2.31. The molecule has 0 aromatic heterocycles. The highest BCUT2D eigenvalue weighted by Gasteiger charge is 2.26. The van der Waals surface area contributed by atoms with Crippen molar-refractivity contribution >= 4 is 23.2 Å². The zero-order valence-electron chi connectivity index (χ0n) is 16.0. The first-order chi connectivity index (χ1) is 13.7. The zero-order valence-corrected chi connectivity index (χ0v) is 16.0. The molecule has 3 N–H and O–H groups in total. The highest BCUT2D eigenvalue weighted by molar-refractivity contribution is 6.08. The molecule has 148 valence electrons. The van der Waals surface area contributed by atoms with E-state index in [1.807, 2.05) is 6.07 Å². The van der Waals surface area contributed by atoms with E-state index in [4.69, 9.17) is 9.84 Å².